The summed E-state index contributed by atoms with van der Waals surface area (Å²) >= 11 is 0. The van der Waals surface area contributed by atoms with Gasteiger partial charge in [-0.05, 0) is 45.6 Å². The van der Waals surface area contributed by atoms with E-state index in [-0.39, 0.29) is 11.0 Å². The van der Waals surface area contributed by atoms with Gasteiger partial charge in [0, 0.05) is 12.0 Å². The molecule has 0 amide bonds. The Hall–Kier alpha value is -0.520. The first-order valence-corrected chi connectivity index (χ1v) is 6.52. The predicted molar refractivity (Wildman–Crippen MR) is 65.9 cm³/mol. The van der Waals surface area contributed by atoms with E-state index in [0.717, 1.165) is 32.4 Å². The minimum absolute atomic E-state index is 0.145. The van der Waals surface area contributed by atoms with Crippen molar-refractivity contribution in [2.45, 2.75) is 57.5 Å². The van der Waals surface area contributed by atoms with Crippen LogP contribution in [0.15, 0.2) is 0 Å². The third kappa shape index (κ3) is 2.26. The molecule has 1 aliphatic heterocycles. The first-order chi connectivity index (χ1) is 7.74. The van der Waals surface area contributed by atoms with Crippen molar-refractivity contribution in [2.24, 2.45) is 11.1 Å². The van der Waals surface area contributed by atoms with E-state index in [4.69, 9.17) is 10.5 Å². The van der Waals surface area contributed by atoms with Crippen molar-refractivity contribution in [3.8, 4) is 11.8 Å². The topological polar surface area (TPSA) is 35.2 Å². The molecule has 0 radical (unpaired) electrons. The average molecular weight is 221 g/mol. The van der Waals surface area contributed by atoms with Crippen LogP contribution in [-0.2, 0) is 4.74 Å². The van der Waals surface area contributed by atoms with Crippen LogP contribution in [0.5, 0.6) is 0 Å². The van der Waals surface area contributed by atoms with Crippen LogP contribution in [0.4, 0.5) is 0 Å². The van der Waals surface area contributed by atoms with Gasteiger partial charge in [0.05, 0.1) is 5.60 Å². The molecular formula is C14H23NO. The number of rotatable bonds is 2. The van der Waals surface area contributed by atoms with Gasteiger partial charge in [-0.25, -0.2) is 0 Å². The zero-order chi connectivity index (χ0) is 11.5. The Labute approximate surface area is 98.9 Å². The molecular weight excluding hydrogens is 198 g/mol. The number of nitrogens with two attached hydrogens (primary N) is 1. The smallest absolute Gasteiger partial charge is 0.0697 e. The van der Waals surface area contributed by atoms with Crippen LogP contribution in [0, 0.1) is 17.3 Å². The van der Waals surface area contributed by atoms with Gasteiger partial charge in [0.1, 0.15) is 0 Å². The van der Waals surface area contributed by atoms with Gasteiger partial charge in [-0.15, -0.1) is 5.92 Å². The minimum Gasteiger partial charge on any atom is -0.375 e. The van der Waals surface area contributed by atoms with Crippen molar-refractivity contribution in [1.29, 1.82) is 0 Å². The summed E-state index contributed by atoms with van der Waals surface area (Å²) in [6.07, 6.45) is 8.29. The maximum atomic E-state index is 6.07. The lowest BCUT2D eigenvalue weighted by Gasteiger charge is -2.44. The van der Waals surface area contributed by atoms with Crippen molar-refractivity contribution in [2.75, 3.05) is 13.2 Å². The van der Waals surface area contributed by atoms with E-state index in [1.54, 1.807) is 0 Å². The van der Waals surface area contributed by atoms with E-state index >= 15 is 0 Å². The van der Waals surface area contributed by atoms with Crippen molar-refractivity contribution < 1.29 is 4.74 Å². The summed E-state index contributed by atoms with van der Waals surface area (Å²) in [5.41, 5.74) is 6.05. The second-order valence-electron chi connectivity index (χ2n) is 5.36. The summed E-state index contributed by atoms with van der Waals surface area (Å²) in [5.74, 6) is 6.55. The van der Waals surface area contributed by atoms with E-state index in [9.17, 15) is 0 Å². The van der Waals surface area contributed by atoms with E-state index in [0.29, 0.717) is 0 Å². The Kier molecular flexibility index (Phi) is 3.56. The van der Waals surface area contributed by atoms with Gasteiger partial charge in [-0.3, -0.25) is 0 Å². The second-order valence-corrected chi connectivity index (χ2v) is 5.36. The molecule has 1 aliphatic carbocycles. The normalized spacial score (nSPS) is 32.4. The Morgan fingerprint density at radius 1 is 1.25 bits per heavy atom. The molecule has 0 bridgehead atoms. The van der Waals surface area contributed by atoms with Gasteiger partial charge >= 0.3 is 0 Å². The fraction of sp³-hybridized carbons (Fsp3) is 0.857. The average Bonchev–Trinajstić information content (AvgIpc) is 2.67. The number of hydrogen-bond donors (Lipinski definition) is 1. The van der Waals surface area contributed by atoms with Crippen LogP contribution >= 0.6 is 0 Å². The molecule has 1 heterocycles. The highest BCUT2D eigenvalue weighted by Gasteiger charge is 2.46. The van der Waals surface area contributed by atoms with Gasteiger partial charge in [-0.1, -0.05) is 18.8 Å². The lowest BCUT2D eigenvalue weighted by atomic mass is 9.70. The summed E-state index contributed by atoms with van der Waals surface area (Å²) in [6, 6.07) is 0. The Bertz CT molecular complexity index is 292. The van der Waals surface area contributed by atoms with Gasteiger partial charge in [0.25, 0.3) is 0 Å². The Balaban J connectivity index is 2.15. The lowest BCUT2D eigenvalue weighted by Crippen LogP contribution is -2.43. The molecule has 16 heavy (non-hydrogen) atoms. The monoisotopic (exact) mass is 221 g/mol. The molecule has 2 heteroatoms. The van der Waals surface area contributed by atoms with E-state index in [2.05, 4.69) is 11.8 Å². The standard InChI is InChI=1S/C14H23NO/c1-2-5-13(8-10-15)9-11-16-14(12-13)6-3-4-7-14/h3-4,6-12,15H2,1H3. The Morgan fingerprint density at radius 3 is 2.62 bits per heavy atom. The first kappa shape index (κ1) is 12.0. The summed E-state index contributed by atoms with van der Waals surface area (Å²) in [4.78, 5) is 0. The van der Waals surface area contributed by atoms with E-state index in [1.165, 1.54) is 25.7 Å². The predicted octanol–water partition coefficient (Wildman–Crippen LogP) is 2.47. The van der Waals surface area contributed by atoms with Gasteiger partial charge in [0.2, 0.25) is 0 Å². The van der Waals surface area contributed by atoms with E-state index in [1.807, 2.05) is 6.92 Å². The zero-order valence-electron chi connectivity index (χ0n) is 10.3. The third-order valence-electron chi connectivity index (χ3n) is 4.18. The van der Waals surface area contributed by atoms with Crippen molar-refractivity contribution in [1.82, 2.24) is 0 Å². The zero-order valence-corrected chi connectivity index (χ0v) is 10.3. The molecule has 1 saturated carbocycles. The quantitative estimate of drug-likeness (QED) is 0.727. The molecule has 2 rings (SSSR count). The minimum atomic E-state index is 0.145. The largest absolute Gasteiger partial charge is 0.375 e. The summed E-state index contributed by atoms with van der Waals surface area (Å²) in [7, 11) is 0. The summed E-state index contributed by atoms with van der Waals surface area (Å²) in [5, 5.41) is 0. The summed E-state index contributed by atoms with van der Waals surface area (Å²) in [6.45, 7) is 3.55. The molecule has 2 aliphatic rings. The molecule has 2 N–H and O–H groups in total. The maximum Gasteiger partial charge on any atom is 0.0697 e. The van der Waals surface area contributed by atoms with Gasteiger partial charge < -0.3 is 10.5 Å². The lowest BCUT2D eigenvalue weighted by molar-refractivity contribution is -0.109. The molecule has 0 aromatic heterocycles. The molecule has 0 aromatic carbocycles. The molecule has 1 unspecified atom stereocenters. The maximum absolute atomic E-state index is 6.07. The number of ether oxygens (including phenoxy) is 1. The van der Waals surface area contributed by atoms with Crippen molar-refractivity contribution in [3.63, 3.8) is 0 Å². The van der Waals surface area contributed by atoms with Crippen LogP contribution in [0.25, 0.3) is 0 Å². The Morgan fingerprint density at radius 2 is 2.00 bits per heavy atom. The fourth-order valence-corrected chi connectivity index (χ4v) is 3.48. The fourth-order valence-electron chi connectivity index (χ4n) is 3.48. The highest BCUT2D eigenvalue weighted by atomic mass is 16.5. The first-order valence-electron chi connectivity index (χ1n) is 6.52. The molecule has 90 valence electrons. The van der Waals surface area contributed by atoms with Crippen LogP contribution in [0.2, 0.25) is 0 Å². The SMILES string of the molecule is CC#CC1(CCN)CCOC2(CCCC2)C1. The van der Waals surface area contributed by atoms with Gasteiger partial charge in [0.15, 0.2) is 0 Å². The van der Waals surface area contributed by atoms with Crippen molar-refractivity contribution in [3.05, 3.63) is 0 Å². The number of hydrogen-bond acceptors (Lipinski definition) is 2. The van der Waals surface area contributed by atoms with E-state index < -0.39 is 0 Å². The highest BCUT2D eigenvalue weighted by Crippen LogP contribution is 2.48. The van der Waals surface area contributed by atoms with Gasteiger partial charge in [-0.2, -0.15) is 0 Å². The van der Waals surface area contributed by atoms with Crippen LogP contribution < -0.4 is 5.73 Å². The second kappa shape index (κ2) is 4.77. The van der Waals surface area contributed by atoms with Crippen LogP contribution in [0.1, 0.15) is 51.9 Å². The molecule has 1 saturated heterocycles. The molecule has 0 aromatic rings. The van der Waals surface area contributed by atoms with Crippen molar-refractivity contribution >= 4 is 0 Å². The molecule has 2 nitrogen and oxygen atoms in total. The van der Waals surface area contributed by atoms with Crippen LogP contribution in [-0.4, -0.2) is 18.8 Å². The molecule has 1 atom stereocenters. The highest BCUT2D eigenvalue weighted by molar-refractivity contribution is 5.15. The molecule has 2 fully saturated rings. The van der Waals surface area contributed by atoms with Crippen LogP contribution in [0.3, 0.4) is 0 Å². The summed E-state index contributed by atoms with van der Waals surface area (Å²) < 4.78 is 6.07. The third-order valence-corrected chi connectivity index (χ3v) is 4.18. The molecule has 1 spiro atoms.